The van der Waals surface area contributed by atoms with Gasteiger partial charge in [-0.25, -0.2) is 9.59 Å². The Morgan fingerprint density at radius 3 is 2.43 bits per heavy atom. The van der Waals surface area contributed by atoms with Crippen LogP contribution in [0.15, 0.2) is 45.6 Å². The molecule has 0 spiro atoms. The molecule has 0 aliphatic rings. The average molecular weight is 384 g/mol. The van der Waals surface area contributed by atoms with Crippen LogP contribution < -0.4 is 19.8 Å². The molecule has 0 N–H and O–H groups in total. The zero-order valence-corrected chi connectivity index (χ0v) is 16.0. The molecule has 0 unspecified atom stereocenters. The molecule has 0 saturated carbocycles. The van der Waals surface area contributed by atoms with E-state index in [2.05, 4.69) is 4.74 Å². The van der Waals surface area contributed by atoms with Crippen LogP contribution in [-0.4, -0.2) is 33.9 Å². The highest BCUT2D eigenvalue weighted by Gasteiger charge is 2.18. The monoisotopic (exact) mass is 384 g/mol. The van der Waals surface area contributed by atoms with E-state index in [1.165, 1.54) is 14.2 Å². The lowest BCUT2D eigenvalue weighted by atomic mass is 9.98. The SMILES string of the molecule is COC(=O)COc1ccc2oc(=O)c(-c3ccc(OC)cc3OC)c(C)c2c1. The third-order valence-electron chi connectivity index (χ3n) is 4.40. The second kappa shape index (κ2) is 8.04. The molecule has 1 heterocycles. The Kier molecular flexibility index (Phi) is 5.54. The van der Waals surface area contributed by atoms with E-state index in [4.69, 9.17) is 18.6 Å². The molecule has 0 saturated heterocycles. The minimum atomic E-state index is -0.486. The van der Waals surface area contributed by atoms with E-state index in [0.717, 1.165) is 0 Å². The third-order valence-corrected chi connectivity index (χ3v) is 4.40. The fourth-order valence-corrected chi connectivity index (χ4v) is 2.94. The first-order valence-corrected chi connectivity index (χ1v) is 8.48. The van der Waals surface area contributed by atoms with Gasteiger partial charge in [0.25, 0.3) is 0 Å². The second-order valence-electron chi connectivity index (χ2n) is 5.98. The van der Waals surface area contributed by atoms with Gasteiger partial charge in [0.2, 0.25) is 0 Å². The average Bonchev–Trinajstić information content (AvgIpc) is 2.72. The van der Waals surface area contributed by atoms with Gasteiger partial charge < -0.3 is 23.4 Å². The largest absolute Gasteiger partial charge is 0.497 e. The fourth-order valence-electron chi connectivity index (χ4n) is 2.94. The molecule has 28 heavy (non-hydrogen) atoms. The molecule has 0 aliphatic heterocycles. The van der Waals surface area contributed by atoms with E-state index in [0.29, 0.717) is 44.9 Å². The van der Waals surface area contributed by atoms with Gasteiger partial charge in [0.05, 0.1) is 26.9 Å². The maximum atomic E-state index is 12.7. The molecule has 0 aliphatic carbocycles. The van der Waals surface area contributed by atoms with Gasteiger partial charge >= 0.3 is 11.6 Å². The Labute approximate surface area is 161 Å². The van der Waals surface area contributed by atoms with Crippen molar-refractivity contribution in [3.05, 3.63) is 52.4 Å². The van der Waals surface area contributed by atoms with Crippen molar-refractivity contribution in [2.45, 2.75) is 6.92 Å². The number of hydrogen-bond acceptors (Lipinski definition) is 7. The molecule has 7 nitrogen and oxygen atoms in total. The number of fused-ring (bicyclic) bond motifs is 1. The Morgan fingerprint density at radius 2 is 1.75 bits per heavy atom. The molecule has 7 heteroatoms. The van der Waals surface area contributed by atoms with Crippen molar-refractivity contribution in [1.82, 2.24) is 0 Å². The van der Waals surface area contributed by atoms with Gasteiger partial charge in [-0.3, -0.25) is 0 Å². The molecule has 0 fully saturated rings. The van der Waals surface area contributed by atoms with Gasteiger partial charge in [-0.05, 0) is 42.8 Å². The van der Waals surface area contributed by atoms with Crippen molar-refractivity contribution >= 4 is 16.9 Å². The Bertz CT molecular complexity index is 1080. The van der Waals surface area contributed by atoms with Crippen LogP contribution in [0.3, 0.4) is 0 Å². The summed E-state index contributed by atoms with van der Waals surface area (Å²) in [5.41, 5.74) is 1.63. The topological polar surface area (TPSA) is 84.2 Å². The molecule has 3 rings (SSSR count). The van der Waals surface area contributed by atoms with Gasteiger partial charge in [0.1, 0.15) is 22.8 Å². The van der Waals surface area contributed by atoms with E-state index in [1.807, 2.05) is 6.92 Å². The Morgan fingerprint density at radius 1 is 1.00 bits per heavy atom. The van der Waals surface area contributed by atoms with E-state index in [1.54, 1.807) is 43.5 Å². The lowest BCUT2D eigenvalue weighted by Crippen LogP contribution is -2.12. The number of hydrogen-bond donors (Lipinski definition) is 0. The van der Waals surface area contributed by atoms with Crippen LogP contribution in [0.4, 0.5) is 0 Å². The van der Waals surface area contributed by atoms with Crippen LogP contribution in [0.1, 0.15) is 5.56 Å². The van der Waals surface area contributed by atoms with Crippen molar-refractivity contribution in [1.29, 1.82) is 0 Å². The normalized spacial score (nSPS) is 10.6. The first-order valence-electron chi connectivity index (χ1n) is 8.48. The summed E-state index contributed by atoms with van der Waals surface area (Å²) in [6.07, 6.45) is 0. The molecule has 0 bridgehead atoms. The van der Waals surface area contributed by atoms with Gasteiger partial charge in [-0.2, -0.15) is 0 Å². The van der Waals surface area contributed by atoms with Crippen molar-refractivity contribution in [3.63, 3.8) is 0 Å². The third kappa shape index (κ3) is 3.64. The minimum Gasteiger partial charge on any atom is -0.497 e. The summed E-state index contributed by atoms with van der Waals surface area (Å²) < 4.78 is 26.1. The number of rotatable bonds is 6. The zero-order valence-electron chi connectivity index (χ0n) is 16.0. The molecule has 3 aromatic rings. The molecular weight excluding hydrogens is 364 g/mol. The highest BCUT2D eigenvalue weighted by Crippen LogP contribution is 2.36. The molecule has 146 valence electrons. The van der Waals surface area contributed by atoms with E-state index in [9.17, 15) is 9.59 Å². The quantitative estimate of drug-likeness (QED) is 0.476. The van der Waals surface area contributed by atoms with Crippen LogP contribution in [-0.2, 0) is 9.53 Å². The standard InChI is InChI=1S/C21H20O7/c1-12-16-9-14(27-11-19(22)26-4)6-8-17(16)28-21(23)20(12)15-7-5-13(24-2)10-18(15)25-3/h5-10H,11H2,1-4H3. The Balaban J connectivity index is 2.13. The highest BCUT2D eigenvalue weighted by molar-refractivity contribution is 5.89. The maximum Gasteiger partial charge on any atom is 0.344 e. The number of benzene rings is 2. The molecule has 0 atom stereocenters. The summed E-state index contributed by atoms with van der Waals surface area (Å²) in [4.78, 5) is 24.0. The van der Waals surface area contributed by atoms with E-state index >= 15 is 0 Å². The summed E-state index contributed by atoms with van der Waals surface area (Å²) in [6.45, 7) is 1.61. The lowest BCUT2D eigenvalue weighted by Gasteiger charge is -2.13. The van der Waals surface area contributed by atoms with Gasteiger partial charge in [0, 0.05) is 17.0 Å². The van der Waals surface area contributed by atoms with Gasteiger partial charge in [-0.15, -0.1) is 0 Å². The number of esters is 1. The molecule has 1 aromatic heterocycles. The number of aryl methyl sites for hydroxylation is 1. The van der Waals surface area contributed by atoms with Crippen molar-refractivity contribution in [2.75, 3.05) is 27.9 Å². The van der Waals surface area contributed by atoms with Crippen molar-refractivity contribution in [3.8, 4) is 28.4 Å². The first kappa shape index (κ1) is 19.3. The van der Waals surface area contributed by atoms with Crippen molar-refractivity contribution in [2.24, 2.45) is 0 Å². The van der Waals surface area contributed by atoms with Gasteiger partial charge in [-0.1, -0.05) is 0 Å². The predicted molar refractivity (Wildman–Crippen MR) is 103 cm³/mol. The van der Waals surface area contributed by atoms with Crippen LogP contribution in [0, 0.1) is 6.92 Å². The smallest absolute Gasteiger partial charge is 0.344 e. The first-order chi connectivity index (χ1) is 13.5. The number of methoxy groups -OCH3 is 3. The van der Waals surface area contributed by atoms with Gasteiger partial charge in [0.15, 0.2) is 6.61 Å². The summed E-state index contributed by atoms with van der Waals surface area (Å²) in [5.74, 6) is 1.08. The summed E-state index contributed by atoms with van der Waals surface area (Å²) in [5, 5.41) is 0.690. The van der Waals surface area contributed by atoms with Crippen LogP contribution >= 0.6 is 0 Å². The summed E-state index contributed by atoms with van der Waals surface area (Å²) >= 11 is 0. The molecular formula is C21H20O7. The van der Waals surface area contributed by atoms with Crippen molar-refractivity contribution < 1.29 is 28.2 Å². The number of ether oxygens (including phenoxy) is 4. The minimum absolute atomic E-state index is 0.211. The maximum absolute atomic E-state index is 12.7. The fraction of sp³-hybridized carbons (Fsp3) is 0.238. The van der Waals surface area contributed by atoms with Crippen LogP contribution in [0.25, 0.3) is 22.1 Å². The molecule has 0 radical (unpaired) electrons. The number of carbonyl (C=O) groups excluding carboxylic acids is 1. The molecule has 0 amide bonds. The second-order valence-corrected chi connectivity index (χ2v) is 5.98. The zero-order chi connectivity index (χ0) is 20.3. The number of carbonyl (C=O) groups is 1. The lowest BCUT2D eigenvalue weighted by molar-refractivity contribution is -0.142. The summed E-state index contributed by atoms with van der Waals surface area (Å²) in [6, 6.07) is 10.2. The highest BCUT2D eigenvalue weighted by atomic mass is 16.6. The van der Waals surface area contributed by atoms with Crippen LogP contribution in [0.5, 0.6) is 17.2 Å². The van der Waals surface area contributed by atoms with Crippen LogP contribution in [0.2, 0.25) is 0 Å². The van der Waals surface area contributed by atoms with E-state index in [-0.39, 0.29) is 6.61 Å². The predicted octanol–water partition coefficient (Wildman–Crippen LogP) is 3.34. The summed E-state index contributed by atoms with van der Waals surface area (Å²) in [7, 11) is 4.37. The van der Waals surface area contributed by atoms with E-state index < -0.39 is 11.6 Å². The Hall–Kier alpha value is -3.48. The molecule has 2 aromatic carbocycles.